The van der Waals surface area contributed by atoms with Crippen molar-refractivity contribution in [3.8, 4) is 0 Å². The Morgan fingerprint density at radius 3 is 2.08 bits per heavy atom. The van der Waals surface area contributed by atoms with Crippen LogP contribution in [0.3, 0.4) is 0 Å². The van der Waals surface area contributed by atoms with E-state index in [9.17, 15) is 10.1 Å². The van der Waals surface area contributed by atoms with E-state index in [4.69, 9.17) is 0 Å². The van der Waals surface area contributed by atoms with E-state index in [1.807, 2.05) is 6.92 Å². The van der Waals surface area contributed by atoms with E-state index < -0.39 is 5.54 Å². The summed E-state index contributed by atoms with van der Waals surface area (Å²) < 4.78 is 0. The van der Waals surface area contributed by atoms with Crippen LogP contribution < -0.4 is 0 Å². The molecule has 3 nitrogen and oxygen atoms in total. The molecule has 0 amide bonds. The second-order valence-electron chi connectivity index (χ2n) is 5.33. The zero-order chi connectivity index (χ0) is 9.85. The number of hydrogen-bond donors (Lipinski definition) is 0. The monoisotopic (exact) mass is 183 g/mol. The van der Waals surface area contributed by atoms with Crippen molar-refractivity contribution >= 4 is 0 Å². The van der Waals surface area contributed by atoms with Crippen molar-refractivity contribution in [1.29, 1.82) is 0 Å². The van der Waals surface area contributed by atoms with Crippen molar-refractivity contribution in [1.82, 2.24) is 0 Å². The molecule has 2 aliphatic carbocycles. The molecule has 0 aromatic carbocycles. The predicted molar refractivity (Wildman–Crippen MR) is 50.0 cm³/mol. The van der Waals surface area contributed by atoms with Gasteiger partial charge in [-0.2, -0.15) is 0 Å². The summed E-state index contributed by atoms with van der Waals surface area (Å²) in [5, 5.41) is 11.1. The van der Waals surface area contributed by atoms with Crippen molar-refractivity contribution in [3.63, 3.8) is 0 Å². The first-order valence-corrected chi connectivity index (χ1v) is 5.05. The third-order valence-corrected chi connectivity index (χ3v) is 4.93. The molecule has 0 heterocycles. The summed E-state index contributed by atoms with van der Waals surface area (Å²) in [4.78, 5) is 11.1. The van der Waals surface area contributed by atoms with Crippen molar-refractivity contribution < 1.29 is 4.92 Å². The molecule has 2 saturated carbocycles. The van der Waals surface area contributed by atoms with Crippen LogP contribution in [0.5, 0.6) is 0 Å². The minimum Gasteiger partial charge on any atom is -0.264 e. The van der Waals surface area contributed by atoms with E-state index >= 15 is 0 Å². The standard InChI is InChI=1S/C10H17NO2/c1-9(2)7-4-5-8(6-7)10(9,3)11(12)13/h7-8H,4-6H2,1-3H3. The van der Waals surface area contributed by atoms with Crippen LogP contribution in [-0.2, 0) is 0 Å². The van der Waals surface area contributed by atoms with E-state index in [1.54, 1.807) is 0 Å². The lowest BCUT2D eigenvalue weighted by molar-refractivity contribution is -0.594. The van der Waals surface area contributed by atoms with Crippen LogP contribution in [0, 0.1) is 27.4 Å². The minimum absolute atomic E-state index is 0.0309. The highest BCUT2D eigenvalue weighted by Gasteiger charge is 2.68. The van der Waals surface area contributed by atoms with Crippen LogP contribution >= 0.6 is 0 Å². The Kier molecular flexibility index (Phi) is 1.55. The Hall–Kier alpha value is -0.600. The zero-order valence-corrected chi connectivity index (χ0v) is 8.54. The van der Waals surface area contributed by atoms with E-state index in [-0.39, 0.29) is 10.3 Å². The van der Waals surface area contributed by atoms with Crippen LogP contribution in [0.1, 0.15) is 40.0 Å². The molecule has 3 unspecified atom stereocenters. The third-order valence-electron chi connectivity index (χ3n) is 4.93. The van der Waals surface area contributed by atoms with Gasteiger partial charge >= 0.3 is 0 Å². The van der Waals surface area contributed by atoms with Crippen molar-refractivity contribution in [2.45, 2.75) is 45.6 Å². The Morgan fingerprint density at radius 1 is 1.23 bits per heavy atom. The first-order chi connectivity index (χ1) is 5.90. The SMILES string of the molecule is CC1(C)C2CCC(C2)C1(C)[N+](=O)[O-]. The average molecular weight is 183 g/mol. The van der Waals surface area contributed by atoms with E-state index in [0.29, 0.717) is 11.8 Å². The maximum Gasteiger partial charge on any atom is 0.227 e. The molecule has 2 rings (SSSR count). The fourth-order valence-corrected chi connectivity index (χ4v) is 3.47. The molecule has 3 atom stereocenters. The maximum absolute atomic E-state index is 11.1. The summed E-state index contributed by atoms with van der Waals surface area (Å²) in [6, 6.07) is 0. The van der Waals surface area contributed by atoms with Crippen molar-refractivity contribution in [2.24, 2.45) is 17.3 Å². The lowest BCUT2D eigenvalue weighted by Crippen LogP contribution is -2.52. The number of rotatable bonds is 1. The van der Waals surface area contributed by atoms with Gasteiger partial charge in [-0.15, -0.1) is 0 Å². The molecule has 74 valence electrons. The smallest absolute Gasteiger partial charge is 0.227 e. The topological polar surface area (TPSA) is 43.1 Å². The molecule has 0 radical (unpaired) electrons. The fraction of sp³-hybridized carbons (Fsp3) is 1.00. The van der Waals surface area contributed by atoms with Crippen LogP contribution in [0.25, 0.3) is 0 Å². The van der Waals surface area contributed by atoms with Gasteiger partial charge in [0.1, 0.15) is 0 Å². The summed E-state index contributed by atoms with van der Waals surface area (Å²) in [6.45, 7) is 5.98. The van der Waals surface area contributed by atoms with Crippen molar-refractivity contribution in [2.75, 3.05) is 0 Å². The first kappa shape index (κ1) is 8.97. The summed E-state index contributed by atoms with van der Waals surface area (Å²) in [5.74, 6) is 0.899. The normalized spacial score (nSPS) is 46.7. The largest absolute Gasteiger partial charge is 0.264 e. The predicted octanol–water partition coefficient (Wildman–Crippen LogP) is 2.48. The molecule has 0 saturated heterocycles. The molecule has 3 heteroatoms. The van der Waals surface area contributed by atoms with Crippen LogP contribution in [0.2, 0.25) is 0 Å². The van der Waals surface area contributed by atoms with Gasteiger partial charge < -0.3 is 0 Å². The molecule has 2 fully saturated rings. The molecular formula is C10H17NO2. The van der Waals surface area contributed by atoms with Crippen LogP contribution in [-0.4, -0.2) is 10.5 Å². The quantitative estimate of drug-likeness (QED) is 0.463. The maximum atomic E-state index is 11.1. The summed E-state index contributed by atoms with van der Waals surface area (Å²) in [6.07, 6.45) is 3.33. The molecular weight excluding hydrogens is 166 g/mol. The van der Waals surface area contributed by atoms with Crippen molar-refractivity contribution in [3.05, 3.63) is 10.1 Å². The molecule has 0 N–H and O–H groups in total. The van der Waals surface area contributed by atoms with Gasteiger partial charge in [-0.3, -0.25) is 10.1 Å². The first-order valence-electron chi connectivity index (χ1n) is 5.05. The number of nitrogens with zero attached hydrogens (tertiary/aromatic N) is 1. The Balaban J connectivity index is 2.43. The number of hydrogen-bond acceptors (Lipinski definition) is 2. The zero-order valence-electron chi connectivity index (χ0n) is 8.54. The van der Waals surface area contributed by atoms with Gasteiger partial charge in [-0.25, -0.2) is 0 Å². The van der Waals surface area contributed by atoms with Gasteiger partial charge in [0, 0.05) is 23.2 Å². The van der Waals surface area contributed by atoms with Gasteiger partial charge in [0.05, 0.1) is 0 Å². The van der Waals surface area contributed by atoms with Crippen LogP contribution in [0.4, 0.5) is 0 Å². The van der Waals surface area contributed by atoms with Gasteiger partial charge in [0.15, 0.2) is 0 Å². The van der Waals surface area contributed by atoms with Gasteiger partial charge in [-0.05, 0) is 25.2 Å². The molecule has 13 heavy (non-hydrogen) atoms. The van der Waals surface area contributed by atoms with E-state index in [0.717, 1.165) is 12.8 Å². The Bertz CT molecular complexity index is 262. The van der Waals surface area contributed by atoms with E-state index in [2.05, 4.69) is 13.8 Å². The lowest BCUT2D eigenvalue weighted by atomic mass is 9.64. The molecule has 0 aromatic rings. The molecule has 0 spiro atoms. The molecule has 2 bridgehead atoms. The lowest BCUT2D eigenvalue weighted by Gasteiger charge is -2.40. The fourth-order valence-electron chi connectivity index (χ4n) is 3.47. The summed E-state index contributed by atoms with van der Waals surface area (Å²) in [7, 11) is 0. The minimum atomic E-state index is -0.671. The molecule has 0 aromatic heterocycles. The molecule has 0 aliphatic heterocycles. The highest BCUT2D eigenvalue weighted by Crippen LogP contribution is 2.62. The molecule has 2 aliphatic rings. The third kappa shape index (κ3) is 0.804. The van der Waals surface area contributed by atoms with Gasteiger partial charge in [0.25, 0.3) is 0 Å². The Labute approximate surface area is 78.7 Å². The second-order valence-corrected chi connectivity index (χ2v) is 5.33. The van der Waals surface area contributed by atoms with E-state index in [1.165, 1.54) is 6.42 Å². The Morgan fingerprint density at radius 2 is 1.77 bits per heavy atom. The van der Waals surface area contributed by atoms with Gasteiger partial charge in [0.2, 0.25) is 5.54 Å². The number of fused-ring (bicyclic) bond motifs is 2. The summed E-state index contributed by atoms with van der Waals surface area (Å²) in [5.41, 5.74) is -0.782. The average Bonchev–Trinajstić information content (AvgIpc) is 2.54. The van der Waals surface area contributed by atoms with Crippen LogP contribution in [0.15, 0.2) is 0 Å². The number of nitro groups is 1. The van der Waals surface area contributed by atoms with Gasteiger partial charge in [-0.1, -0.05) is 13.8 Å². The summed E-state index contributed by atoms with van der Waals surface area (Å²) >= 11 is 0. The second kappa shape index (κ2) is 2.25. The highest BCUT2D eigenvalue weighted by atomic mass is 16.6. The highest BCUT2D eigenvalue weighted by molar-refractivity contribution is 5.10.